The normalized spacial score (nSPS) is 21.2. The van der Waals surface area contributed by atoms with E-state index in [1.165, 1.54) is 17.7 Å². The summed E-state index contributed by atoms with van der Waals surface area (Å²) in [6, 6.07) is 5.08. The molecule has 33 heavy (non-hydrogen) atoms. The van der Waals surface area contributed by atoms with E-state index in [0.717, 1.165) is 43.4 Å². The van der Waals surface area contributed by atoms with Crippen molar-refractivity contribution in [2.45, 2.75) is 88.8 Å². The Bertz CT molecular complexity index is 890. The monoisotopic (exact) mass is 457 g/mol. The number of amides is 4. The van der Waals surface area contributed by atoms with Gasteiger partial charge in [-0.2, -0.15) is 0 Å². The second-order valence-corrected chi connectivity index (χ2v) is 9.50. The zero-order valence-electron chi connectivity index (χ0n) is 19.7. The Morgan fingerprint density at radius 3 is 2.58 bits per heavy atom. The van der Waals surface area contributed by atoms with Crippen molar-refractivity contribution in [1.29, 1.82) is 0 Å². The molecule has 1 aromatic rings. The fourth-order valence-corrected chi connectivity index (χ4v) is 5.22. The Hall–Kier alpha value is -2.77. The molecule has 0 bridgehead atoms. The molecule has 180 valence electrons. The van der Waals surface area contributed by atoms with Crippen molar-refractivity contribution < 1.29 is 23.9 Å². The summed E-state index contributed by atoms with van der Waals surface area (Å²) in [4.78, 5) is 39.0. The van der Waals surface area contributed by atoms with Gasteiger partial charge in [0.05, 0.1) is 19.3 Å². The molecule has 1 unspecified atom stereocenters. The van der Waals surface area contributed by atoms with Gasteiger partial charge in [-0.05, 0) is 63.1 Å². The van der Waals surface area contributed by atoms with Gasteiger partial charge in [0.25, 0.3) is 5.91 Å². The minimum atomic E-state index is -0.752. The molecule has 1 atom stereocenters. The van der Waals surface area contributed by atoms with E-state index in [1.807, 2.05) is 25.1 Å². The number of nitrogens with zero attached hydrogens (tertiary/aromatic N) is 1. The maximum Gasteiger partial charge on any atom is 0.325 e. The highest BCUT2D eigenvalue weighted by atomic mass is 16.5. The molecule has 0 aromatic heterocycles. The Kier molecular flexibility index (Phi) is 7.10. The third-order valence-electron chi connectivity index (χ3n) is 7.18. The van der Waals surface area contributed by atoms with Gasteiger partial charge in [0.1, 0.15) is 5.54 Å². The molecule has 1 saturated heterocycles. The molecule has 2 aliphatic carbocycles. The summed E-state index contributed by atoms with van der Waals surface area (Å²) < 4.78 is 11.6. The molecule has 0 radical (unpaired) electrons. The zero-order valence-corrected chi connectivity index (χ0v) is 19.7. The van der Waals surface area contributed by atoms with Gasteiger partial charge in [-0.1, -0.05) is 25.3 Å². The first-order valence-corrected chi connectivity index (χ1v) is 12.2. The number of nitrogens with one attached hydrogen (secondary N) is 2. The molecule has 4 rings (SSSR count). The quantitative estimate of drug-likeness (QED) is 0.578. The first kappa shape index (κ1) is 23.4. The number of urea groups is 1. The number of benzene rings is 1. The molecule has 1 heterocycles. The molecular weight excluding hydrogens is 422 g/mol. The average molecular weight is 458 g/mol. The van der Waals surface area contributed by atoms with Crippen LogP contribution in [0.5, 0.6) is 11.5 Å². The number of hydrogen-bond acceptors (Lipinski definition) is 5. The third-order valence-corrected chi connectivity index (χ3v) is 7.18. The Labute approximate surface area is 195 Å². The Morgan fingerprint density at radius 1 is 1.15 bits per heavy atom. The van der Waals surface area contributed by atoms with Crippen molar-refractivity contribution in [3.63, 3.8) is 0 Å². The van der Waals surface area contributed by atoms with Crippen molar-refractivity contribution in [3.05, 3.63) is 23.8 Å². The Balaban J connectivity index is 1.31. The average Bonchev–Trinajstić information content (AvgIpc) is 3.40. The molecular formula is C25H35N3O5. The van der Waals surface area contributed by atoms with Crippen molar-refractivity contribution in [3.8, 4) is 11.5 Å². The van der Waals surface area contributed by atoms with E-state index >= 15 is 0 Å². The lowest BCUT2D eigenvalue weighted by Gasteiger charge is -2.30. The standard InChI is InChI=1S/C25H35N3O5/c1-17(18-10-11-20(21(16-18)32-2)33-19-8-4-5-9-19)26-22(29)12-15-28-23(30)25(27-24(28)31)13-6-3-7-14-25/h10-11,16-17,19H,3-9,12-15H2,1-2H3,(H,26,29)(H,27,31). The molecule has 4 amide bonds. The highest BCUT2D eigenvalue weighted by Gasteiger charge is 2.51. The minimum absolute atomic E-state index is 0.0690. The molecule has 1 aliphatic heterocycles. The number of carbonyl (C=O) groups is 3. The van der Waals surface area contributed by atoms with Crippen molar-refractivity contribution in [2.75, 3.05) is 13.7 Å². The summed E-state index contributed by atoms with van der Waals surface area (Å²) in [6.07, 6.45) is 9.14. The lowest BCUT2D eigenvalue weighted by Crippen LogP contribution is -2.48. The van der Waals surface area contributed by atoms with Crippen LogP contribution < -0.4 is 20.1 Å². The number of methoxy groups -OCH3 is 1. The van der Waals surface area contributed by atoms with E-state index < -0.39 is 5.54 Å². The molecule has 3 fully saturated rings. The van der Waals surface area contributed by atoms with E-state index in [1.54, 1.807) is 7.11 Å². The summed E-state index contributed by atoms with van der Waals surface area (Å²) >= 11 is 0. The smallest absolute Gasteiger partial charge is 0.325 e. The van der Waals surface area contributed by atoms with Crippen LogP contribution in [0.4, 0.5) is 4.79 Å². The predicted octanol–water partition coefficient (Wildman–Crippen LogP) is 3.84. The first-order chi connectivity index (χ1) is 15.9. The number of rotatable bonds is 8. The number of carbonyl (C=O) groups excluding carboxylic acids is 3. The molecule has 3 aliphatic rings. The fourth-order valence-electron chi connectivity index (χ4n) is 5.22. The molecule has 8 heteroatoms. The fraction of sp³-hybridized carbons (Fsp3) is 0.640. The Morgan fingerprint density at radius 2 is 1.88 bits per heavy atom. The molecule has 8 nitrogen and oxygen atoms in total. The van der Waals surface area contributed by atoms with E-state index in [4.69, 9.17) is 9.47 Å². The van der Waals surface area contributed by atoms with Gasteiger partial charge in [-0.15, -0.1) is 0 Å². The van der Waals surface area contributed by atoms with Gasteiger partial charge < -0.3 is 20.1 Å². The van der Waals surface area contributed by atoms with Crippen LogP contribution in [0.2, 0.25) is 0 Å². The number of ether oxygens (including phenoxy) is 2. The van der Waals surface area contributed by atoms with Crippen LogP contribution >= 0.6 is 0 Å². The van der Waals surface area contributed by atoms with E-state index in [9.17, 15) is 14.4 Å². The van der Waals surface area contributed by atoms with Crippen LogP contribution in [0.1, 0.15) is 82.7 Å². The largest absolute Gasteiger partial charge is 0.493 e. The zero-order chi connectivity index (χ0) is 23.4. The van der Waals surface area contributed by atoms with Crippen molar-refractivity contribution in [1.82, 2.24) is 15.5 Å². The summed E-state index contributed by atoms with van der Waals surface area (Å²) in [6.45, 7) is 1.98. The second-order valence-electron chi connectivity index (χ2n) is 9.50. The van der Waals surface area contributed by atoms with E-state index in [2.05, 4.69) is 10.6 Å². The van der Waals surface area contributed by atoms with Crippen LogP contribution in [-0.4, -0.2) is 48.0 Å². The van der Waals surface area contributed by atoms with Gasteiger partial charge in [-0.25, -0.2) is 4.79 Å². The van der Waals surface area contributed by atoms with Gasteiger partial charge >= 0.3 is 6.03 Å². The number of hydrogen-bond donors (Lipinski definition) is 2. The maximum atomic E-state index is 12.9. The van der Waals surface area contributed by atoms with Crippen LogP contribution in [-0.2, 0) is 9.59 Å². The molecule has 1 aromatic carbocycles. The molecule has 2 N–H and O–H groups in total. The summed E-state index contributed by atoms with van der Waals surface area (Å²) in [7, 11) is 1.61. The van der Waals surface area contributed by atoms with Crippen LogP contribution in [0.3, 0.4) is 0 Å². The van der Waals surface area contributed by atoms with Crippen molar-refractivity contribution in [2.24, 2.45) is 0 Å². The lowest BCUT2D eigenvalue weighted by atomic mass is 9.82. The van der Waals surface area contributed by atoms with Crippen LogP contribution in [0, 0.1) is 0 Å². The van der Waals surface area contributed by atoms with E-state index in [-0.39, 0.29) is 43.0 Å². The molecule has 2 saturated carbocycles. The summed E-state index contributed by atoms with van der Waals surface area (Å²) in [5.74, 6) is 0.980. The summed E-state index contributed by atoms with van der Waals surface area (Å²) in [5.41, 5.74) is 0.146. The third kappa shape index (κ3) is 5.09. The van der Waals surface area contributed by atoms with Crippen LogP contribution in [0.15, 0.2) is 18.2 Å². The van der Waals surface area contributed by atoms with Gasteiger partial charge in [0, 0.05) is 13.0 Å². The maximum absolute atomic E-state index is 12.9. The second kappa shape index (κ2) is 10.0. The van der Waals surface area contributed by atoms with Gasteiger partial charge in [0.15, 0.2) is 11.5 Å². The first-order valence-electron chi connectivity index (χ1n) is 12.2. The highest BCUT2D eigenvalue weighted by molar-refractivity contribution is 6.07. The highest BCUT2D eigenvalue weighted by Crippen LogP contribution is 2.35. The number of imide groups is 1. The van der Waals surface area contributed by atoms with Crippen LogP contribution in [0.25, 0.3) is 0 Å². The van der Waals surface area contributed by atoms with Gasteiger partial charge in [0.2, 0.25) is 5.91 Å². The van der Waals surface area contributed by atoms with Gasteiger partial charge in [-0.3, -0.25) is 14.5 Å². The SMILES string of the molecule is COc1cc(C(C)NC(=O)CCN2C(=O)NC3(CCCCC3)C2=O)ccc1OC1CCCC1. The predicted molar refractivity (Wildman–Crippen MR) is 123 cm³/mol. The molecule has 1 spiro atoms. The lowest BCUT2D eigenvalue weighted by molar-refractivity contribution is -0.132. The minimum Gasteiger partial charge on any atom is -0.493 e. The topological polar surface area (TPSA) is 97.0 Å². The summed E-state index contributed by atoms with van der Waals surface area (Å²) in [5, 5.41) is 5.84. The van der Waals surface area contributed by atoms with E-state index in [0.29, 0.717) is 18.6 Å². The van der Waals surface area contributed by atoms with Crippen molar-refractivity contribution >= 4 is 17.8 Å².